The molecule has 5 nitrogen and oxygen atoms in total. The molecule has 0 aliphatic carbocycles. The highest BCUT2D eigenvalue weighted by molar-refractivity contribution is 7.89. The number of hydrogen-bond acceptors (Lipinski definition) is 4. The Morgan fingerprint density at radius 2 is 2.00 bits per heavy atom. The predicted octanol–water partition coefficient (Wildman–Crippen LogP) is 1.50. The van der Waals surface area contributed by atoms with Crippen molar-refractivity contribution in [3.63, 3.8) is 0 Å². The molecule has 1 aromatic carbocycles. The molecule has 0 aliphatic heterocycles. The van der Waals surface area contributed by atoms with Crippen molar-refractivity contribution in [2.24, 2.45) is 0 Å². The number of unbranched alkanes of at least 4 members (excludes halogenated alkanes) is 1. The van der Waals surface area contributed by atoms with Crippen LogP contribution in [0.25, 0.3) is 0 Å². The second kappa shape index (κ2) is 7.01. The van der Waals surface area contributed by atoms with Gasteiger partial charge in [-0.15, -0.1) is 0 Å². The van der Waals surface area contributed by atoms with Crippen LogP contribution >= 0.6 is 0 Å². The molecule has 20 heavy (non-hydrogen) atoms. The Morgan fingerprint density at radius 3 is 2.50 bits per heavy atom. The first kappa shape index (κ1) is 16.9. The zero-order valence-electron chi connectivity index (χ0n) is 11.8. The van der Waals surface area contributed by atoms with Crippen molar-refractivity contribution in [3.05, 3.63) is 23.5 Å². The van der Waals surface area contributed by atoms with Gasteiger partial charge in [0, 0.05) is 24.3 Å². The average molecular weight is 304 g/mol. The van der Waals surface area contributed by atoms with Crippen molar-refractivity contribution in [3.8, 4) is 0 Å². The van der Waals surface area contributed by atoms with Crippen LogP contribution in [0.4, 0.5) is 10.1 Å². The SMILES string of the molecule is CCCCN(CCO)S(=O)(=O)c1cc(N)c(C)c(F)c1. The minimum Gasteiger partial charge on any atom is -0.398 e. The molecule has 0 aliphatic rings. The van der Waals surface area contributed by atoms with Crippen LogP contribution in [0.15, 0.2) is 17.0 Å². The number of nitrogens with zero attached hydrogens (tertiary/aromatic N) is 1. The van der Waals surface area contributed by atoms with Gasteiger partial charge >= 0.3 is 0 Å². The van der Waals surface area contributed by atoms with Crippen LogP contribution in [0.5, 0.6) is 0 Å². The van der Waals surface area contributed by atoms with Gasteiger partial charge in [-0.2, -0.15) is 4.31 Å². The van der Waals surface area contributed by atoms with E-state index in [1.807, 2.05) is 6.92 Å². The van der Waals surface area contributed by atoms with Crippen LogP contribution in [0, 0.1) is 12.7 Å². The molecule has 3 N–H and O–H groups in total. The van der Waals surface area contributed by atoms with Crippen LogP contribution in [0.2, 0.25) is 0 Å². The number of halogens is 1. The highest BCUT2D eigenvalue weighted by Crippen LogP contribution is 2.23. The lowest BCUT2D eigenvalue weighted by Crippen LogP contribution is -2.34. The minimum atomic E-state index is -3.84. The van der Waals surface area contributed by atoms with E-state index in [0.29, 0.717) is 6.42 Å². The number of rotatable bonds is 7. The maximum Gasteiger partial charge on any atom is 0.243 e. The van der Waals surface area contributed by atoms with Gasteiger partial charge in [-0.1, -0.05) is 13.3 Å². The summed E-state index contributed by atoms with van der Waals surface area (Å²) < 4.78 is 39.7. The number of aliphatic hydroxyl groups excluding tert-OH is 1. The number of anilines is 1. The van der Waals surface area contributed by atoms with E-state index in [-0.39, 0.29) is 35.8 Å². The molecular formula is C13H21FN2O3S. The van der Waals surface area contributed by atoms with E-state index in [1.165, 1.54) is 13.0 Å². The van der Waals surface area contributed by atoms with Crippen molar-refractivity contribution >= 4 is 15.7 Å². The molecule has 0 saturated carbocycles. The number of nitrogen functional groups attached to an aromatic ring is 1. The summed E-state index contributed by atoms with van der Waals surface area (Å²) >= 11 is 0. The van der Waals surface area contributed by atoms with E-state index in [9.17, 15) is 12.8 Å². The van der Waals surface area contributed by atoms with Crippen molar-refractivity contribution in [1.82, 2.24) is 4.31 Å². The summed E-state index contributed by atoms with van der Waals surface area (Å²) in [5.41, 5.74) is 5.95. The van der Waals surface area contributed by atoms with E-state index >= 15 is 0 Å². The summed E-state index contributed by atoms with van der Waals surface area (Å²) in [4.78, 5) is -0.178. The van der Waals surface area contributed by atoms with Gasteiger partial charge in [-0.05, 0) is 25.5 Å². The molecule has 0 saturated heterocycles. The van der Waals surface area contributed by atoms with Gasteiger partial charge < -0.3 is 10.8 Å². The van der Waals surface area contributed by atoms with Gasteiger partial charge in [0.25, 0.3) is 0 Å². The van der Waals surface area contributed by atoms with Crippen molar-refractivity contribution in [2.45, 2.75) is 31.6 Å². The summed E-state index contributed by atoms with van der Waals surface area (Å²) in [6, 6.07) is 2.22. The predicted molar refractivity (Wildman–Crippen MR) is 76.3 cm³/mol. The Morgan fingerprint density at radius 1 is 1.35 bits per heavy atom. The zero-order valence-corrected chi connectivity index (χ0v) is 12.6. The first-order chi connectivity index (χ1) is 9.34. The number of hydrogen-bond donors (Lipinski definition) is 2. The third-order valence-corrected chi connectivity index (χ3v) is 4.98. The standard InChI is InChI=1S/C13H21FN2O3S/c1-3-4-5-16(6-7-17)20(18,19)11-8-12(14)10(2)13(15)9-11/h8-9,17H,3-7,15H2,1-2H3. The van der Waals surface area contributed by atoms with Crippen LogP contribution < -0.4 is 5.73 Å². The van der Waals surface area contributed by atoms with E-state index in [2.05, 4.69) is 0 Å². The minimum absolute atomic E-state index is 0.0161. The van der Waals surface area contributed by atoms with E-state index in [1.54, 1.807) is 0 Å². The summed E-state index contributed by atoms with van der Waals surface area (Å²) in [6.07, 6.45) is 1.49. The van der Waals surface area contributed by atoms with E-state index in [0.717, 1.165) is 16.8 Å². The Labute approximate surface area is 119 Å². The summed E-state index contributed by atoms with van der Waals surface area (Å²) in [7, 11) is -3.84. The Balaban J connectivity index is 3.18. The Kier molecular flexibility index (Phi) is 5.91. The van der Waals surface area contributed by atoms with Crippen molar-refractivity contribution in [1.29, 1.82) is 0 Å². The third kappa shape index (κ3) is 3.68. The molecule has 0 bridgehead atoms. The smallest absolute Gasteiger partial charge is 0.243 e. The lowest BCUT2D eigenvalue weighted by atomic mass is 10.2. The lowest BCUT2D eigenvalue weighted by Gasteiger charge is -2.21. The zero-order chi connectivity index (χ0) is 15.3. The summed E-state index contributed by atoms with van der Waals surface area (Å²) in [5, 5.41) is 8.99. The van der Waals surface area contributed by atoms with E-state index in [4.69, 9.17) is 10.8 Å². The highest BCUT2D eigenvalue weighted by atomic mass is 32.2. The average Bonchev–Trinajstić information content (AvgIpc) is 2.39. The van der Waals surface area contributed by atoms with Gasteiger partial charge in [0.2, 0.25) is 10.0 Å². The topological polar surface area (TPSA) is 83.6 Å². The molecule has 0 heterocycles. The fourth-order valence-electron chi connectivity index (χ4n) is 1.77. The number of aliphatic hydroxyl groups is 1. The maximum atomic E-state index is 13.7. The molecule has 7 heteroatoms. The highest BCUT2D eigenvalue weighted by Gasteiger charge is 2.25. The fraction of sp³-hybridized carbons (Fsp3) is 0.538. The third-order valence-electron chi connectivity index (χ3n) is 3.11. The second-order valence-corrected chi connectivity index (χ2v) is 6.54. The maximum absolute atomic E-state index is 13.7. The van der Waals surface area contributed by atoms with Crippen LogP contribution in [0.3, 0.4) is 0 Å². The number of sulfonamides is 1. The molecular weight excluding hydrogens is 283 g/mol. The lowest BCUT2D eigenvalue weighted by molar-refractivity contribution is 0.252. The van der Waals surface area contributed by atoms with Gasteiger partial charge in [-0.25, -0.2) is 12.8 Å². The molecule has 0 aromatic heterocycles. The van der Waals surface area contributed by atoms with Crippen molar-refractivity contribution in [2.75, 3.05) is 25.4 Å². The number of nitrogens with two attached hydrogens (primary N) is 1. The van der Waals surface area contributed by atoms with Crippen molar-refractivity contribution < 1.29 is 17.9 Å². The van der Waals surface area contributed by atoms with Crippen LogP contribution in [0.1, 0.15) is 25.3 Å². The molecule has 0 amide bonds. The molecule has 0 unspecified atom stereocenters. The summed E-state index contributed by atoms with van der Waals surface area (Å²) in [5.74, 6) is -0.650. The fourth-order valence-corrected chi connectivity index (χ4v) is 3.29. The number of benzene rings is 1. The van der Waals surface area contributed by atoms with E-state index < -0.39 is 15.8 Å². The first-order valence-electron chi connectivity index (χ1n) is 6.51. The monoisotopic (exact) mass is 304 g/mol. The molecule has 0 spiro atoms. The molecule has 0 atom stereocenters. The molecule has 0 radical (unpaired) electrons. The Bertz CT molecular complexity index is 538. The largest absolute Gasteiger partial charge is 0.398 e. The second-order valence-electron chi connectivity index (χ2n) is 4.60. The normalized spacial score (nSPS) is 12.1. The summed E-state index contributed by atoms with van der Waals surface area (Å²) in [6.45, 7) is 3.41. The quantitative estimate of drug-likeness (QED) is 0.748. The molecule has 114 valence electrons. The van der Waals surface area contributed by atoms with Gasteiger partial charge in [0.15, 0.2) is 0 Å². The van der Waals surface area contributed by atoms with Gasteiger partial charge in [0.1, 0.15) is 5.82 Å². The Hall–Kier alpha value is -1.18. The van der Waals surface area contributed by atoms with Gasteiger partial charge in [0.05, 0.1) is 11.5 Å². The van der Waals surface area contributed by atoms with Gasteiger partial charge in [-0.3, -0.25) is 0 Å². The van der Waals surface area contributed by atoms with Crippen LogP contribution in [-0.4, -0.2) is 37.5 Å². The van der Waals surface area contributed by atoms with Crippen LogP contribution in [-0.2, 0) is 10.0 Å². The molecule has 0 fully saturated rings. The first-order valence-corrected chi connectivity index (χ1v) is 7.95. The molecule has 1 rings (SSSR count). The molecule has 1 aromatic rings.